The molecule has 9 aromatic rings. The third-order valence-electron chi connectivity index (χ3n) is 12.8. The highest BCUT2D eigenvalue weighted by atomic mass is 16.3. The van der Waals surface area contributed by atoms with E-state index < -0.39 is 0 Å². The molecule has 0 fully saturated rings. The standard InChI is InChI=1S/C40B24O/c41-15-3-1(4-6(18(44)29(55)27(53)16(4)42)2(5(3)17(43)28(54)26(15)52)13-23(49)33(59)37(63)34(60)24(13)50)7-12-11-9-8(20(46)30(56)31(57)21(9)47)10-14(25(51)35(61)32(58)22(10)48)39(11)65-40(12)38(64)36(62)19(7)45. The van der Waals surface area contributed by atoms with Crippen molar-refractivity contribution < 1.29 is 4.42 Å². The minimum Gasteiger partial charge on any atom is -0.456 e. The third-order valence-corrected chi connectivity index (χ3v) is 12.8. The predicted molar refractivity (Wildman–Crippen MR) is 304 cm³/mol. The highest BCUT2D eigenvalue weighted by Crippen LogP contribution is 2.45. The Morgan fingerprint density at radius 2 is 0.369 bits per heavy atom. The monoisotopic (exact) mass is 760 g/mol. The number of rotatable bonds is 2. The fourth-order valence-corrected chi connectivity index (χ4v) is 9.31. The Kier molecular flexibility index (Phi) is 10.9. The summed E-state index contributed by atoms with van der Waals surface area (Å²) in [7, 11) is 162. The molecule has 1 heterocycles. The summed E-state index contributed by atoms with van der Waals surface area (Å²) >= 11 is 0. The molecule has 0 saturated carbocycles. The van der Waals surface area contributed by atoms with E-state index >= 15 is 0 Å². The molecule has 0 aliphatic carbocycles. The van der Waals surface area contributed by atoms with Crippen LogP contribution < -0.4 is 131 Å². The second-order valence-corrected chi connectivity index (χ2v) is 15.9. The molecule has 0 aliphatic rings. The van der Waals surface area contributed by atoms with Gasteiger partial charge in [0.15, 0.2) is 0 Å². The van der Waals surface area contributed by atoms with E-state index in [1.807, 2.05) is 0 Å². The van der Waals surface area contributed by atoms with Gasteiger partial charge in [0, 0.05) is 16.2 Å². The Labute approximate surface area is 408 Å². The number of benzene rings is 8. The van der Waals surface area contributed by atoms with Crippen LogP contribution in [0.1, 0.15) is 0 Å². The van der Waals surface area contributed by atoms with Crippen LogP contribution in [-0.4, -0.2) is 188 Å². The molecule has 0 amide bonds. The first-order valence-corrected chi connectivity index (χ1v) is 19.1. The molecule has 0 aliphatic heterocycles. The van der Waals surface area contributed by atoms with Crippen LogP contribution >= 0.6 is 0 Å². The third kappa shape index (κ3) is 5.75. The molecule has 1 aromatic heterocycles. The van der Waals surface area contributed by atoms with Crippen LogP contribution in [0.25, 0.3) is 87.3 Å². The van der Waals surface area contributed by atoms with Gasteiger partial charge >= 0.3 is 0 Å². The van der Waals surface area contributed by atoms with E-state index in [-0.39, 0.29) is 218 Å². The molecule has 0 saturated heterocycles. The molecule has 8 aromatic carbocycles. The summed E-state index contributed by atoms with van der Waals surface area (Å²) in [6, 6.07) is 0. The Hall–Kier alpha value is -3.84. The molecule has 9 rings (SSSR count). The second-order valence-electron chi connectivity index (χ2n) is 15.9. The van der Waals surface area contributed by atoms with E-state index in [1.165, 1.54) is 0 Å². The van der Waals surface area contributed by atoms with E-state index in [0.717, 1.165) is 0 Å². The number of hydrogen-bond acceptors (Lipinski definition) is 1. The predicted octanol–water partition coefficient (Wildman–Crippen LogP) is -17.4. The highest BCUT2D eigenvalue weighted by molar-refractivity contribution is 6.77. The van der Waals surface area contributed by atoms with Gasteiger partial charge in [-0.2, -0.15) is 0 Å². The van der Waals surface area contributed by atoms with Gasteiger partial charge in [-0.05, 0) is 60.0 Å². The zero-order valence-electron chi connectivity index (χ0n) is 34.3. The van der Waals surface area contributed by atoms with Crippen molar-refractivity contribution >= 4 is 384 Å². The zero-order chi connectivity index (χ0) is 47.8. The van der Waals surface area contributed by atoms with Gasteiger partial charge in [-0.25, -0.2) is 0 Å². The minimum atomic E-state index is -0.185. The molecule has 0 atom stereocenters. The van der Waals surface area contributed by atoms with Crippen molar-refractivity contribution in [3.63, 3.8) is 0 Å². The first-order chi connectivity index (χ1) is 30.3. The van der Waals surface area contributed by atoms with Crippen molar-refractivity contribution in [2.45, 2.75) is 0 Å². The quantitative estimate of drug-likeness (QED) is 0.0973. The lowest BCUT2D eigenvalue weighted by Gasteiger charge is -2.32. The Morgan fingerprint density at radius 1 is 0.138 bits per heavy atom. The highest BCUT2D eigenvalue weighted by Gasteiger charge is 2.32. The average Bonchev–Trinajstić information content (AvgIpc) is 3.67. The van der Waals surface area contributed by atoms with Crippen molar-refractivity contribution in [1.29, 1.82) is 0 Å². The molecule has 0 bridgehead atoms. The van der Waals surface area contributed by atoms with Crippen LogP contribution in [0.2, 0.25) is 0 Å². The van der Waals surface area contributed by atoms with Crippen molar-refractivity contribution in [1.82, 2.24) is 0 Å². The van der Waals surface area contributed by atoms with Crippen LogP contribution in [0, 0.1) is 0 Å². The van der Waals surface area contributed by atoms with Gasteiger partial charge in [-0.1, -0.05) is 65.6 Å². The fourth-order valence-electron chi connectivity index (χ4n) is 9.31. The van der Waals surface area contributed by atoms with Gasteiger partial charge in [0.25, 0.3) is 0 Å². The fraction of sp³-hybridized carbons (Fsp3) is 0. The largest absolute Gasteiger partial charge is 0.456 e. The summed E-state index contributed by atoms with van der Waals surface area (Å²) in [4.78, 5) is 0. The number of hydrogen-bond donors (Lipinski definition) is 0. The zero-order valence-corrected chi connectivity index (χ0v) is 34.3. The van der Waals surface area contributed by atoms with Crippen molar-refractivity contribution in [2.75, 3.05) is 0 Å². The van der Waals surface area contributed by atoms with Gasteiger partial charge in [0.2, 0.25) is 0 Å². The molecular formula is C40B24O. The summed E-state index contributed by atoms with van der Waals surface area (Å²) in [6.45, 7) is 0. The molecule has 1 nitrogen and oxygen atoms in total. The summed E-state index contributed by atoms with van der Waals surface area (Å²) < 4.78 is 6.74. The van der Waals surface area contributed by atoms with E-state index in [4.69, 9.17) is 193 Å². The SMILES string of the molecule is [B]c1c([B])c([B])c(-c2c3c([B])c([B])c([B])c([B])c3c(-c3c([B])c([B])c([B])c4oc5c6c([B])c([B])c([B])c([B])c6c6c([B])c([B])c([B])c([B])c6c5c34)c3c([B])c([B])c([B])c([B])c23)c([B])c1[B]. The minimum absolute atomic E-state index is 0.00212. The summed E-state index contributed by atoms with van der Waals surface area (Å²) in [5, 5.41) is 0.936. The van der Waals surface area contributed by atoms with Crippen molar-refractivity contribution in [3.8, 4) is 22.3 Å². The lowest BCUT2D eigenvalue weighted by Crippen LogP contribution is -2.55. The first kappa shape index (κ1) is 46.3. The smallest absolute Gasteiger partial charge is 0.143 e. The Balaban J connectivity index is 1.74. The number of fused-ring (bicyclic) bond motifs is 10. The topological polar surface area (TPSA) is 13.1 Å². The Bertz CT molecular complexity index is 3710. The molecule has 238 valence electrons. The van der Waals surface area contributed by atoms with Crippen LogP contribution in [0.4, 0.5) is 0 Å². The summed E-state index contributed by atoms with van der Waals surface area (Å²) in [5.74, 6) is 0. The van der Waals surface area contributed by atoms with E-state index in [1.54, 1.807) is 0 Å². The first-order valence-electron chi connectivity index (χ1n) is 19.1. The normalized spacial score (nSPS) is 11.9. The van der Waals surface area contributed by atoms with Gasteiger partial charge in [0.1, 0.15) is 199 Å². The van der Waals surface area contributed by atoms with Gasteiger partial charge in [0.05, 0.1) is 0 Å². The van der Waals surface area contributed by atoms with Crippen molar-refractivity contribution in [2.24, 2.45) is 0 Å². The summed E-state index contributed by atoms with van der Waals surface area (Å²) in [5.41, 5.74) is -3.06. The van der Waals surface area contributed by atoms with E-state index in [9.17, 15) is 0 Å². The van der Waals surface area contributed by atoms with E-state index in [0.29, 0.717) is 0 Å². The molecular weight excluding hydrogens is 756 g/mol. The van der Waals surface area contributed by atoms with Gasteiger partial charge in [-0.3, -0.25) is 0 Å². The molecule has 0 spiro atoms. The summed E-state index contributed by atoms with van der Waals surface area (Å²) in [6.07, 6.45) is 0. The molecule has 25 heteroatoms. The van der Waals surface area contributed by atoms with E-state index in [2.05, 4.69) is 0 Å². The molecule has 48 radical (unpaired) electrons. The maximum Gasteiger partial charge on any atom is 0.143 e. The lowest BCUT2D eigenvalue weighted by atomic mass is 9.56. The van der Waals surface area contributed by atoms with Crippen LogP contribution in [0.3, 0.4) is 0 Å². The average molecular weight is 756 g/mol. The molecule has 0 N–H and O–H groups in total. The molecule has 65 heavy (non-hydrogen) atoms. The van der Waals surface area contributed by atoms with Crippen LogP contribution in [-0.2, 0) is 0 Å². The maximum atomic E-state index is 7.18. The lowest BCUT2D eigenvalue weighted by molar-refractivity contribution is 0.676. The Morgan fingerprint density at radius 3 is 0.738 bits per heavy atom. The molecule has 0 unspecified atom stereocenters. The van der Waals surface area contributed by atoms with Gasteiger partial charge < -0.3 is 4.42 Å². The van der Waals surface area contributed by atoms with Crippen molar-refractivity contribution in [3.05, 3.63) is 0 Å². The van der Waals surface area contributed by atoms with Gasteiger partial charge in [-0.15, -0.1) is 65.6 Å². The maximum absolute atomic E-state index is 7.18. The number of furan rings is 1. The van der Waals surface area contributed by atoms with Crippen LogP contribution in [0.15, 0.2) is 4.42 Å². The van der Waals surface area contributed by atoms with Crippen LogP contribution in [0.5, 0.6) is 0 Å². The second kappa shape index (κ2) is 15.3.